The molecule has 1 atom stereocenters. The summed E-state index contributed by atoms with van der Waals surface area (Å²) in [6.07, 6.45) is -0.390. The van der Waals surface area contributed by atoms with Gasteiger partial charge in [0.25, 0.3) is 0 Å². The third-order valence-electron chi connectivity index (χ3n) is 2.71. The van der Waals surface area contributed by atoms with Crippen molar-refractivity contribution >= 4 is 11.6 Å². The second-order valence-electron chi connectivity index (χ2n) is 3.99. The predicted octanol–water partition coefficient (Wildman–Crippen LogP) is 3.59. The summed E-state index contributed by atoms with van der Waals surface area (Å²) in [4.78, 5) is 0. The average Bonchev–Trinajstić information content (AvgIpc) is 2.42. The molecule has 0 heterocycles. The molecule has 0 bridgehead atoms. The van der Waals surface area contributed by atoms with Crippen molar-refractivity contribution < 1.29 is 9.84 Å². The molecule has 2 aromatic rings. The molecule has 0 amide bonds. The van der Waals surface area contributed by atoms with Crippen LogP contribution in [-0.4, -0.2) is 11.7 Å². The largest absolute Gasteiger partial charge is 0.393 e. The van der Waals surface area contributed by atoms with Crippen LogP contribution in [0.4, 0.5) is 0 Å². The molecule has 0 aliphatic carbocycles. The van der Waals surface area contributed by atoms with Crippen molar-refractivity contribution in [3.63, 3.8) is 0 Å². The molecule has 0 saturated carbocycles. The molecule has 0 unspecified atom stereocenters. The summed E-state index contributed by atoms with van der Waals surface area (Å²) in [7, 11) is 0. The molecule has 0 fully saturated rings. The molecule has 94 valence electrons. The van der Waals surface area contributed by atoms with Crippen LogP contribution < -0.4 is 0 Å². The topological polar surface area (TPSA) is 29.5 Å². The van der Waals surface area contributed by atoms with E-state index in [2.05, 4.69) is 0 Å². The average molecular weight is 263 g/mol. The van der Waals surface area contributed by atoms with Crippen molar-refractivity contribution in [2.75, 3.05) is 6.61 Å². The summed E-state index contributed by atoms with van der Waals surface area (Å²) in [5.41, 5.74) is 1.89. The zero-order chi connectivity index (χ0) is 12.8. The number of ether oxygens (including phenoxy) is 1. The van der Waals surface area contributed by atoms with Crippen molar-refractivity contribution in [1.82, 2.24) is 0 Å². The minimum Gasteiger partial charge on any atom is -0.393 e. The highest BCUT2D eigenvalue weighted by molar-refractivity contribution is 6.31. The van der Waals surface area contributed by atoms with Crippen LogP contribution in [0.1, 0.15) is 17.2 Å². The van der Waals surface area contributed by atoms with Gasteiger partial charge < -0.3 is 9.84 Å². The van der Waals surface area contributed by atoms with Gasteiger partial charge in [0.2, 0.25) is 0 Å². The van der Waals surface area contributed by atoms with Crippen LogP contribution in [0.15, 0.2) is 54.6 Å². The molecule has 3 heteroatoms. The normalized spacial score (nSPS) is 12.3. The van der Waals surface area contributed by atoms with E-state index in [1.165, 1.54) is 0 Å². The van der Waals surface area contributed by atoms with Gasteiger partial charge in [0, 0.05) is 10.6 Å². The van der Waals surface area contributed by atoms with Crippen LogP contribution in [0.2, 0.25) is 5.02 Å². The van der Waals surface area contributed by atoms with E-state index >= 15 is 0 Å². The Hall–Kier alpha value is -1.35. The van der Waals surface area contributed by atoms with Gasteiger partial charge in [0.1, 0.15) is 6.10 Å². The highest BCUT2D eigenvalue weighted by Crippen LogP contribution is 2.25. The Bertz CT molecular complexity index is 485. The van der Waals surface area contributed by atoms with E-state index in [0.717, 1.165) is 11.1 Å². The molecule has 0 aliphatic rings. The minimum atomic E-state index is -0.390. The van der Waals surface area contributed by atoms with Gasteiger partial charge in [-0.05, 0) is 11.6 Å². The fraction of sp³-hybridized carbons (Fsp3) is 0.200. The third kappa shape index (κ3) is 3.33. The molecule has 0 spiro atoms. The molecular weight excluding hydrogens is 248 g/mol. The quantitative estimate of drug-likeness (QED) is 0.892. The van der Waals surface area contributed by atoms with Crippen LogP contribution >= 0.6 is 11.6 Å². The summed E-state index contributed by atoms with van der Waals surface area (Å²) in [6.45, 7) is 0.369. The lowest BCUT2D eigenvalue weighted by Crippen LogP contribution is -2.09. The number of hydrogen-bond acceptors (Lipinski definition) is 2. The van der Waals surface area contributed by atoms with Gasteiger partial charge in [-0.3, -0.25) is 0 Å². The standard InChI is InChI=1S/C15H15ClO2/c16-14-9-5-4-8-13(14)15(10-17)18-11-12-6-2-1-3-7-12/h1-9,15,17H,10-11H2/t15-/m0/s1. The first kappa shape index (κ1) is 13.1. The van der Waals surface area contributed by atoms with Crippen LogP contribution in [-0.2, 0) is 11.3 Å². The summed E-state index contributed by atoms with van der Waals surface area (Å²) in [5, 5.41) is 10.0. The Morgan fingerprint density at radius 1 is 1.00 bits per heavy atom. The van der Waals surface area contributed by atoms with Gasteiger partial charge in [-0.25, -0.2) is 0 Å². The summed E-state index contributed by atoms with van der Waals surface area (Å²) >= 11 is 6.09. The smallest absolute Gasteiger partial charge is 0.107 e. The second kappa shape index (κ2) is 6.55. The van der Waals surface area contributed by atoms with Gasteiger partial charge in [0.05, 0.1) is 13.2 Å². The molecule has 2 aromatic carbocycles. The summed E-state index contributed by atoms with van der Waals surface area (Å²) in [6, 6.07) is 17.3. The molecule has 0 radical (unpaired) electrons. The number of aliphatic hydroxyl groups excluding tert-OH is 1. The molecule has 0 saturated heterocycles. The highest BCUT2D eigenvalue weighted by Gasteiger charge is 2.13. The first-order chi connectivity index (χ1) is 8.81. The van der Waals surface area contributed by atoms with Gasteiger partial charge in [0.15, 0.2) is 0 Å². The lowest BCUT2D eigenvalue weighted by Gasteiger charge is -2.17. The van der Waals surface area contributed by atoms with E-state index in [-0.39, 0.29) is 12.7 Å². The Morgan fingerprint density at radius 3 is 2.33 bits per heavy atom. The Balaban J connectivity index is 2.04. The number of benzene rings is 2. The lowest BCUT2D eigenvalue weighted by molar-refractivity contribution is 0.00116. The Kier molecular flexibility index (Phi) is 4.76. The molecule has 2 nitrogen and oxygen atoms in total. The van der Waals surface area contributed by atoms with Gasteiger partial charge >= 0.3 is 0 Å². The van der Waals surface area contributed by atoms with Crippen LogP contribution in [0.3, 0.4) is 0 Å². The first-order valence-electron chi connectivity index (χ1n) is 5.82. The number of hydrogen-bond donors (Lipinski definition) is 1. The molecule has 2 rings (SSSR count). The summed E-state index contributed by atoms with van der Waals surface area (Å²) < 4.78 is 5.71. The maximum absolute atomic E-state index is 9.40. The number of halogens is 1. The van der Waals surface area contributed by atoms with E-state index in [9.17, 15) is 5.11 Å². The van der Waals surface area contributed by atoms with Crippen LogP contribution in [0, 0.1) is 0 Å². The third-order valence-corrected chi connectivity index (χ3v) is 3.06. The zero-order valence-electron chi connectivity index (χ0n) is 9.92. The molecule has 0 aromatic heterocycles. The summed E-state index contributed by atoms with van der Waals surface area (Å²) in [5.74, 6) is 0. The van der Waals surface area contributed by atoms with Gasteiger partial charge in [-0.2, -0.15) is 0 Å². The Morgan fingerprint density at radius 2 is 1.67 bits per heavy atom. The highest BCUT2D eigenvalue weighted by atomic mass is 35.5. The lowest BCUT2D eigenvalue weighted by atomic mass is 10.1. The van der Waals surface area contributed by atoms with Crippen LogP contribution in [0.5, 0.6) is 0 Å². The molecular formula is C15H15ClO2. The predicted molar refractivity (Wildman–Crippen MR) is 72.5 cm³/mol. The number of rotatable bonds is 5. The molecule has 0 aliphatic heterocycles. The molecule has 18 heavy (non-hydrogen) atoms. The van der Waals surface area contributed by atoms with Crippen LogP contribution in [0.25, 0.3) is 0 Å². The monoisotopic (exact) mass is 262 g/mol. The molecule has 1 N–H and O–H groups in total. The van der Waals surface area contributed by atoms with Crippen molar-refractivity contribution in [3.8, 4) is 0 Å². The zero-order valence-corrected chi connectivity index (χ0v) is 10.7. The van der Waals surface area contributed by atoms with E-state index in [1.807, 2.05) is 48.5 Å². The second-order valence-corrected chi connectivity index (χ2v) is 4.40. The fourth-order valence-corrected chi connectivity index (χ4v) is 2.01. The maximum Gasteiger partial charge on any atom is 0.107 e. The number of aliphatic hydroxyl groups is 1. The van der Waals surface area contributed by atoms with Crippen molar-refractivity contribution in [3.05, 3.63) is 70.7 Å². The van der Waals surface area contributed by atoms with Crippen molar-refractivity contribution in [2.24, 2.45) is 0 Å². The van der Waals surface area contributed by atoms with E-state index < -0.39 is 0 Å². The van der Waals surface area contributed by atoms with E-state index in [0.29, 0.717) is 11.6 Å². The Labute approximate surface area is 112 Å². The van der Waals surface area contributed by atoms with E-state index in [1.54, 1.807) is 6.07 Å². The SMILES string of the molecule is OC[C@H](OCc1ccccc1)c1ccccc1Cl. The van der Waals surface area contributed by atoms with E-state index in [4.69, 9.17) is 16.3 Å². The van der Waals surface area contributed by atoms with Crippen molar-refractivity contribution in [2.45, 2.75) is 12.7 Å². The maximum atomic E-state index is 9.40. The minimum absolute atomic E-state index is 0.0867. The fourth-order valence-electron chi connectivity index (χ4n) is 1.75. The first-order valence-corrected chi connectivity index (χ1v) is 6.20. The van der Waals surface area contributed by atoms with Gasteiger partial charge in [-0.15, -0.1) is 0 Å². The van der Waals surface area contributed by atoms with Gasteiger partial charge in [-0.1, -0.05) is 60.1 Å². The van der Waals surface area contributed by atoms with Crippen molar-refractivity contribution in [1.29, 1.82) is 0 Å².